The van der Waals surface area contributed by atoms with E-state index < -0.39 is 5.69 Å². The molecule has 7 nitrogen and oxygen atoms in total. The molecule has 31 heavy (non-hydrogen) atoms. The first-order valence-electron chi connectivity index (χ1n) is 9.91. The van der Waals surface area contributed by atoms with Crippen molar-refractivity contribution in [2.24, 2.45) is 7.05 Å². The molecule has 4 aromatic rings. The number of hydrogen-bond donors (Lipinski definition) is 0. The van der Waals surface area contributed by atoms with Crippen LogP contribution >= 0.6 is 23.2 Å². The van der Waals surface area contributed by atoms with Crippen LogP contribution in [0.1, 0.15) is 12.0 Å². The fourth-order valence-electron chi connectivity index (χ4n) is 4.11. The van der Waals surface area contributed by atoms with Gasteiger partial charge >= 0.3 is 5.69 Å². The molecular formula is C22H19Cl2N5O2. The molecule has 0 amide bonds. The van der Waals surface area contributed by atoms with E-state index in [1.54, 1.807) is 25.2 Å². The average molecular weight is 456 g/mol. The molecule has 0 bridgehead atoms. The van der Waals surface area contributed by atoms with Gasteiger partial charge in [0.1, 0.15) is 0 Å². The molecule has 2 aromatic heterocycles. The minimum atomic E-state index is -0.415. The van der Waals surface area contributed by atoms with E-state index in [2.05, 4.69) is 0 Å². The molecule has 5 rings (SSSR count). The van der Waals surface area contributed by atoms with Gasteiger partial charge in [0, 0.05) is 35.9 Å². The first-order valence-corrected chi connectivity index (χ1v) is 10.7. The zero-order chi connectivity index (χ0) is 21.7. The number of halogens is 2. The third-order valence-electron chi connectivity index (χ3n) is 5.57. The number of rotatable bonds is 3. The highest BCUT2D eigenvalue weighted by Crippen LogP contribution is 2.32. The van der Waals surface area contributed by atoms with Crippen LogP contribution in [-0.4, -0.2) is 25.2 Å². The molecular weight excluding hydrogens is 437 g/mol. The summed E-state index contributed by atoms with van der Waals surface area (Å²) in [6.07, 6.45) is 0.835. The molecule has 0 spiro atoms. The van der Waals surface area contributed by atoms with Gasteiger partial charge in [-0.3, -0.25) is 13.9 Å². The second-order valence-electron chi connectivity index (χ2n) is 7.58. The Bertz CT molecular complexity index is 1440. The van der Waals surface area contributed by atoms with Crippen LogP contribution in [0.5, 0.6) is 0 Å². The smallest absolute Gasteiger partial charge is 0.312 e. The Labute approximate surface area is 187 Å². The van der Waals surface area contributed by atoms with Crippen molar-refractivity contribution < 1.29 is 0 Å². The Morgan fingerprint density at radius 3 is 2.48 bits per heavy atom. The van der Waals surface area contributed by atoms with Crippen molar-refractivity contribution in [2.75, 3.05) is 11.4 Å². The van der Waals surface area contributed by atoms with E-state index >= 15 is 0 Å². The minimum Gasteiger partial charge on any atom is -0.312 e. The molecule has 0 radical (unpaired) electrons. The Balaban J connectivity index is 1.71. The molecule has 0 fully saturated rings. The maximum Gasteiger partial charge on any atom is 0.332 e. The lowest BCUT2D eigenvalue weighted by Crippen LogP contribution is -2.40. The third-order valence-corrected chi connectivity index (χ3v) is 6.04. The molecule has 158 valence electrons. The fraction of sp³-hybridized carbons (Fsp3) is 0.227. The Morgan fingerprint density at radius 2 is 1.74 bits per heavy atom. The van der Waals surface area contributed by atoms with Crippen LogP contribution in [0.4, 0.5) is 11.6 Å². The molecule has 0 saturated heterocycles. The number of fused-ring (bicyclic) bond motifs is 3. The van der Waals surface area contributed by atoms with E-state index in [1.807, 2.05) is 39.8 Å². The monoisotopic (exact) mass is 455 g/mol. The summed E-state index contributed by atoms with van der Waals surface area (Å²) in [7, 11) is 1.64. The maximum atomic E-state index is 13.4. The van der Waals surface area contributed by atoms with Gasteiger partial charge in [0.25, 0.3) is 5.56 Å². The SMILES string of the molecule is Cn1c(=O)n(Cc2cccc(Cl)c2)c(=O)c2c1nc1n2CCCN1c1cccc(Cl)c1. The van der Waals surface area contributed by atoms with Crippen LogP contribution in [0.3, 0.4) is 0 Å². The lowest BCUT2D eigenvalue weighted by atomic mass is 10.2. The number of hydrogen-bond acceptors (Lipinski definition) is 4. The van der Waals surface area contributed by atoms with Gasteiger partial charge in [-0.2, -0.15) is 4.98 Å². The van der Waals surface area contributed by atoms with Gasteiger partial charge in [0.2, 0.25) is 5.95 Å². The van der Waals surface area contributed by atoms with Crippen molar-refractivity contribution >= 4 is 46.0 Å². The van der Waals surface area contributed by atoms with Crippen LogP contribution in [0, 0.1) is 0 Å². The van der Waals surface area contributed by atoms with Gasteiger partial charge in [-0.05, 0) is 42.3 Å². The highest BCUT2D eigenvalue weighted by atomic mass is 35.5. The van der Waals surface area contributed by atoms with Crippen molar-refractivity contribution in [1.82, 2.24) is 18.7 Å². The fourth-order valence-corrected chi connectivity index (χ4v) is 4.51. The number of aryl methyl sites for hydroxylation is 2. The highest BCUT2D eigenvalue weighted by Gasteiger charge is 2.27. The van der Waals surface area contributed by atoms with Crippen LogP contribution in [-0.2, 0) is 20.1 Å². The summed E-state index contributed by atoms with van der Waals surface area (Å²) in [5.41, 5.74) is 1.71. The largest absolute Gasteiger partial charge is 0.332 e. The molecule has 1 aliphatic rings. The summed E-state index contributed by atoms with van der Waals surface area (Å²) in [4.78, 5) is 33.2. The Morgan fingerprint density at radius 1 is 1.00 bits per heavy atom. The van der Waals surface area contributed by atoms with E-state index in [-0.39, 0.29) is 12.1 Å². The molecule has 3 heterocycles. The lowest BCUT2D eigenvalue weighted by molar-refractivity contribution is 0.597. The van der Waals surface area contributed by atoms with Gasteiger partial charge in [-0.25, -0.2) is 4.79 Å². The van der Waals surface area contributed by atoms with E-state index in [0.717, 1.165) is 24.2 Å². The normalized spacial score (nSPS) is 13.6. The van der Waals surface area contributed by atoms with Gasteiger partial charge < -0.3 is 9.47 Å². The Hall–Kier alpha value is -3.03. The third kappa shape index (κ3) is 3.34. The molecule has 0 unspecified atom stereocenters. The number of imidazole rings is 1. The zero-order valence-electron chi connectivity index (χ0n) is 16.8. The van der Waals surface area contributed by atoms with Crippen molar-refractivity contribution in [3.8, 4) is 0 Å². The van der Waals surface area contributed by atoms with E-state index in [1.165, 1.54) is 9.13 Å². The number of nitrogens with zero attached hydrogens (tertiary/aromatic N) is 5. The second kappa shape index (κ2) is 7.59. The average Bonchev–Trinajstić information content (AvgIpc) is 3.15. The number of aromatic nitrogens is 4. The Kier molecular flexibility index (Phi) is 4.87. The lowest BCUT2D eigenvalue weighted by Gasteiger charge is -2.29. The van der Waals surface area contributed by atoms with Gasteiger partial charge in [-0.15, -0.1) is 0 Å². The van der Waals surface area contributed by atoms with Crippen LogP contribution in [0.2, 0.25) is 10.0 Å². The first kappa shape index (κ1) is 19.9. The van der Waals surface area contributed by atoms with Crippen LogP contribution in [0.25, 0.3) is 11.2 Å². The van der Waals surface area contributed by atoms with Crippen LogP contribution < -0.4 is 16.1 Å². The number of anilines is 2. The maximum absolute atomic E-state index is 13.4. The van der Waals surface area contributed by atoms with Crippen molar-refractivity contribution in [2.45, 2.75) is 19.5 Å². The predicted molar refractivity (Wildman–Crippen MR) is 123 cm³/mol. The molecule has 0 N–H and O–H groups in total. The van der Waals surface area contributed by atoms with E-state index in [9.17, 15) is 9.59 Å². The summed E-state index contributed by atoms with van der Waals surface area (Å²) in [5, 5.41) is 1.18. The summed E-state index contributed by atoms with van der Waals surface area (Å²) >= 11 is 12.3. The topological polar surface area (TPSA) is 65.1 Å². The van der Waals surface area contributed by atoms with Crippen molar-refractivity contribution in [3.05, 3.63) is 85.0 Å². The predicted octanol–water partition coefficient (Wildman–Crippen LogP) is 3.79. The standard InChI is InChI=1S/C22H19Cl2N5O2/c1-26-19-18(20(30)29(22(26)31)13-14-5-2-6-15(23)11-14)28-10-4-9-27(21(28)25-19)17-8-3-7-16(24)12-17/h2-3,5-8,11-12H,4,9-10,13H2,1H3. The van der Waals surface area contributed by atoms with Crippen molar-refractivity contribution in [3.63, 3.8) is 0 Å². The highest BCUT2D eigenvalue weighted by molar-refractivity contribution is 6.31. The summed E-state index contributed by atoms with van der Waals surface area (Å²) < 4.78 is 4.57. The van der Waals surface area contributed by atoms with Gasteiger partial charge in [-0.1, -0.05) is 41.4 Å². The molecule has 0 saturated carbocycles. The summed E-state index contributed by atoms with van der Waals surface area (Å²) in [5.74, 6) is 0.635. The molecule has 1 aliphatic heterocycles. The molecule has 0 atom stereocenters. The molecule has 0 aliphatic carbocycles. The second-order valence-corrected chi connectivity index (χ2v) is 8.46. The zero-order valence-corrected chi connectivity index (χ0v) is 18.3. The van der Waals surface area contributed by atoms with E-state index in [4.69, 9.17) is 28.2 Å². The van der Waals surface area contributed by atoms with Crippen LogP contribution in [0.15, 0.2) is 58.1 Å². The van der Waals surface area contributed by atoms with E-state index in [0.29, 0.717) is 33.7 Å². The quantitative estimate of drug-likeness (QED) is 0.471. The number of benzene rings is 2. The summed E-state index contributed by atoms with van der Waals surface area (Å²) in [6.45, 7) is 1.53. The van der Waals surface area contributed by atoms with Gasteiger partial charge in [0.15, 0.2) is 11.2 Å². The first-order chi connectivity index (χ1) is 14.9. The van der Waals surface area contributed by atoms with Crippen molar-refractivity contribution in [1.29, 1.82) is 0 Å². The van der Waals surface area contributed by atoms with Gasteiger partial charge in [0.05, 0.1) is 6.54 Å². The molecule has 9 heteroatoms. The summed E-state index contributed by atoms with van der Waals surface area (Å²) in [6, 6.07) is 14.7. The minimum absolute atomic E-state index is 0.139. The molecule has 2 aromatic carbocycles.